The lowest BCUT2D eigenvalue weighted by atomic mass is 9.97. The van der Waals surface area contributed by atoms with E-state index in [4.69, 9.17) is 14.0 Å². The van der Waals surface area contributed by atoms with Gasteiger partial charge in [0.1, 0.15) is 24.1 Å². The third-order valence-corrected chi connectivity index (χ3v) is 8.20. The molecule has 0 radical (unpaired) electrons. The lowest BCUT2D eigenvalue weighted by Gasteiger charge is -2.23. The van der Waals surface area contributed by atoms with Crippen molar-refractivity contribution in [3.63, 3.8) is 0 Å². The highest BCUT2D eigenvalue weighted by atomic mass is 32.2. The molecule has 1 N–H and O–H groups in total. The predicted octanol–water partition coefficient (Wildman–Crippen LogP) is 5.31. The summed E-state index contributed by atoms with van der Waals surface area (Å²) in [6.45, 7) is 10.4. The SMILES string of the molecule is CCOCc1cc(CNc2cc(C)nc(C)n2)ccc1-c1ccccc1S(=O)(=O)N(COC)c1noc(C)c1C. The maximum Gasteiger partial charge on any atom is 0.268 e. The topological polar surface area (TPSA) is 120 Å². The number of hydrogen-bond acceptors (Lipinski definition) is 9. The van der Waals surface area contributed by atoms with Crippen molar-refractivity contribution < 1.29 is 22.4 Å². The van der Waals surface area contributed by atoms with Gasteiger partial charge in [-0.25, -0.2) is 22.7 Å². The van der Waals surface area contributed by atoms with Gasteiger partial charge >= 0.3 is 0 Å². The molecule has 0 amide bonds. The molecule has 11 heteroatoms. The summed E-state index contributed by atoms with van der Waals surface area (Å²) in [5, 5.41) is 7.36. The Kier molecular flexibility index (Phi) is 9.18. The fourth-order valence-electron chi connectivity index (χ4n) is 4.38. The van der Waals surface area contributed by atoms with Crippen molar-refractivity contribution in [2.45, 2.75) is 52.7 Å². The van der Waals surface area contributed by atoms with E-state index in [1.54, 1.807) is 32.0 Å². The summed E-state index contributed by atoms with van der Waals surface area (Å²) >= 11 is 0. The van der Waals surface area contributed by atoms with Gasteiger partial charge in [0, 0.05) is 43.1 Å². The second-order valence-corrected chi connectivity index (χ2v) is 11.2. The zero-order valence-corrected chi connectivity index (χ0v) is 24.5. The van der Waals surface area contributed by atoms with Crippen LogP contribution in [0.2, 0.25) is 0 Å². The molecule has 4 rings (SSSR count). The Morgan fingerprint density at radius 3 is 2.45 bits per heavy atom. The Hall–Kier alpha value is -3.80. The number of methoxy groups -OCH3 is 1. The molecule has 2 aromatic heterocycles. The molecular weight excluding hydrogens is 530 g/mol. The number of benzene rings is 2. The summed E-state index contributed by atoms with van der Waals surface area (Å²) in [5.41, 5.74) is 4.70. The van der Waals surface area contributed by atoms with Crippen LogP contribution in [0.25, 0.3) is 11.1 Å². The molecule has 0 spiro atoms. The van der Waals surface area contributed by atoms with Gasteiger partial charge in [0.25, 0.3) is 10.0 Å². The second-order valence-electron chi connectivity index (χ2n) is 9.38. The monoisotopic (exact) mass is 565 g/mol. The first kappa shape index (κ1) is 29.2. The van der Waals surface area contributed by atoms with Crippen molar-refractivity contribution in [2.24, 2.45) is 0 Å². The quantitative estimate of drug-likeness (QED) is 0.228. The average Bonchev–Trinajstić information content (AvgIpc) is 3.26. The zero-order chi connectivity index (χ0) is 28.9. The van der Waals surface area contributed by atoms with Crippen LogP contribution in [0.15, 0.2) is 57.9 Å². The van der Waals surface area contributed by atoms with Crippen molar-refractivity contribution in [3.05, 3.63) is 82.5 Å². The normalized spacial score (nSPS) is 11.6. The van der Waals surface area contributed by atoms with Gasteiger partial charge in [-0.3, -0.25) is 0 Å². The number of rotatable bonds is 12. The highest BCUT2D eigenvalue weighted by Gasteiger charge is 2.32. The summed E-state index contributed by atoms with van der Waals surface area (Å²) in [5.74, 6) is 2.18. The fraction of sp³-hybridized carbons (Fsp3) is 0.345. The minimum atomic E-state index is -4.09. The minimum absolute atomic E-state index is 0.127. The number of hydrogen-bond donors (Lipinski definition) is 1. The van der Waals surface area contributed by atoms with E-state index in [1.807, 2.05) is 51.1 Å². The minimum Gasteiger partial charge on any atom is -0.377 e. The lowest BCUT2D eigenvalue weighted by Crippen LogP contribution is -2.34. The van der Waals surface area contributed by atoms with Gasteiger partial charge in [0.15, 0.2) is 5.82 Å². The van der Waals surface area contributed by atoms with Gasteiger partial charge in [-0.15, -0.1) is 0 Å². The molecule has 0 bridgehead atoms. The van der Waals surface area contributed by atoms with Gasteiger partial charge in [-0.05, 0) is 57.4 Å². The number of nitrogens with one attached hydrogen (secondary N) is 1. The molecule has 40 heavy (non-hydrogen) atoms. The first-order chi connectivity index (χ1) is 19.1. The van der Waals surface area contributed by atoms with Crippen LogP contribution in [0.4, 0.5) is 11.6 Å². The first-order valence-corrected chi connectivity index (χ1v) is 14.4. The Labute approximate surface area is 235 Å². The van der Waals surface area contributed by atoms with E-state index in [0.29, 0.717) is 42.5 Å². The lowest BCUT2D eigenvalue weighted by molar-refractivity contribution is 0.134. The molecule has 10 nitrogen and oxygen atoms in total. The summed E-state index contributed by atoms with van der Waals surface area (Å²) in [4.78, 5) is 8.90. The number of nitrogens with zero attached hydrogens (tertiary/aromatic N) is 4. The van der Waals surface area contributed by atoms with Crippen LogP contribution in [0.5, 0.6) is 0 Å². The Morgan fingerprint density at radius 2 is 1.77 bits per heavy atom. The smallest absolute Gasteiger partial charge is 0.268 e. The van der Waals surface area contributed by atoms with Crippen LogP contribution in [-0.4, -0.2) is 44.0 Å². The first-order valence-electron chi connectivity index (χ1n) is 12.9. The molecule has 4 aromatic rings. The molecular formula is C29H35N5O5S. The molecule has 0 atom stereocenters. The van der Waals surface area contributed by atoms with Crippen LogP contribution in [0.3, 0.4) is 0 Å². The maximum atomic E-state index is 14.1. The molecule has 0 aliphatic heterocycles. The van der Waals surface area contributed by atoms with Gasteiger partial charge in [-0.2, -0.15) is 0 Å². The van der Waals surface area contributed by atoms with E-state index in [2.05, 4.69) is 20.4 Å². The van der Waals surface area contributed by atoms with E-state index in [9.17, 15) is 8.42 Å². The molecule has 2 heterocycles. The van der Waals surface area contributed by atoms with E-state index >= 15 is 0 Å². The van der Waals surface area contributed by atoms with Crippen molar-refractivity contribution in [3.8, 4) is 11.1 Å². The number of ether oxygens (including phenoxy) is 2. The third-order valence-electron chi connectivity index (χ3n) is 6.43. The fourth-order valence-corrected chi connectivity index (χ4v) is 5.97. The van der Waals surface area contributed by atoms with Crippen molar-refractivity contribution in [1.82, 2.24) is 15.1 Å². The van der Waals surface area contributed by atoms with Gasteiger partial charge in [0.05, 0.1) is 11.5 Å². The predicted molar refractivity (Wildman–Crippen MR) is 154 cm³/mol. The summed E-state index contributed by atoms with van der Waals surface area (Å²) < 4.78 is 45.7. The third kappa shape index (κ3) is 6.33. The Morgan fingerprint density at radius 1 is 1.00 bits per heavy atom. The standard InChI is InChI=1S/C29H35N5O5S/c1-7-38-17-24-15-23(16-30-28-14-19(2)31-22(5)32-28)12-13-25(24)26-10-8-9-11-27(26)40(35,36)34(18-37-6)29-20(3)21(4)39-33-29/h8-15H,7,16-18H2,1-6H3,(H,30,31,32). The van der Waals surface area contributed by atoms with Crippen LogP contribution in [-0.2, 0) is 32.6 Å². The largest absolute Gasteiger partial charge is 0.377 e. The molecule has 0 saturated carbocycles. The summed E-state index contributed by atoms with van der Waals surface area (Å²) in [6.07, 6.45) is 0. The van der Waals surface area contributed by atoms with Crippen molar-refractivity contribution >= 4 is 21.7 Å². The van der Waals surface area contributed by atoms with Crippen LogP contribution in [0.1, 0.15) is 40.9 Å². The highest BCUT2D eigenvalue weighted by Crippen LogP contribution is 2.35. The molecule has 0 unspecified atom stereocenters. The van der Waals surface area contributed by atoms with Crippen LogP contribution in [0, 0.1) is 27.7 Å². The molecule has 0 saturated heterocycles. The van der Waals surface area contributed by atoms with E-state index in [-0.39, 0.29) is 17.4 Å². The molecule has 0 fully saturated rings. The van der Waals surface area contributed by atoms with E-state index < -0.39 is 10.0 Å². The second kappa shape index (κ2) is 12.6. The number of sulfonamides is 1. The molecule has 0 aliphatic carbocycles. The Balaban J connectivity index is 1.74. The average molecular weight is 566 g/mol. The van der Waals surface area contributed by atoms with Crippen LogP contribution >= 0.6 is 0 Å². The van der Waals surface area contributed by atoms with Gasteiger partial charge < -0.3 is 19.3 Å². The molecule has 2 aromatic carbocycles. The van der Waals surface area contributed by atoms with Crippen LogP contribution < -0.4 is 9.62 Å². The van der Waals surface area contributed by atoms with E-state index in [1.165, 1.54) is 7.11 Å². The van der Waals surface area contributed by atoms with Gasteiger partial charge in [-0.1, -0.05) is 41.6 Å². The van der Waals surface area contributed by atoms with Crippen molar-refractivity contribution in [2.75, 3.05) is 30.1 Å². The highest BCUT2D eigenvalue weighted by molar-refractivity contribution is 7.93. The number of aromatic nitrogens is 3. The number of anilines is 2. The number of aryl methyl sites for hydroxylation is 3. The Bertz CT molecular complexity index is 1570. The summed E-state index contributed by atoms with van der Waals surface area (Å²) in [6, 6.07) is 14.7. The molecule has 212 valence electrons. The van der Waals surface area contributed by atoms with E-state index in [0.717, 1.165) is 32.5 Å². The molecule has 0 aliphatic rings. The van der Waals surface area contributed by atoms with Gasteiger partial charge in [0.2, 0.25) is 0 Å². The maximum absolute atomic E-state index is 14.1. The zero-order valence-electron chi connectivity index (χ0n) is 23.7. The van der Waals surface area contributed by atoms with Crippen molar-refractivity contribution in [1.29, 1.82) is 0 Å². The summed E-state index contributed by atoms with van der Waals surface area (Å²) in [7, 11) is -2.65.